The Balaban J connectivity index is 0.00000364. The number of nitrogens with zero attached hydrogens (tertiary/aromatic N) is 1. The first kappa shape index (κ1) is 22.8. The SMILES string of the molecule is CCNC(=NCC(=O)Nc1cccc(F)c1)NCCc1ccccc1F.I. The highest BCUT2D eigenvalue weighted by Crippen LogP contribution is 2.08. The highest BCUT2D eigenvalue weighted by molar-refractivity contribution is 14.0. The van der Waals surface area contributed by atoms with Crippen molar-refractivity contribution < 1.29 is 13.6 Å². The molecule has 0 radical (unpaired) electrons. The normalized spacial score (nSPS) is 10.7. The summed E-state index contributed by atoms with van der Waals surface area (Å²) in [7, 11) is 0. The van der Waals surface area contributed by atoms with E-state index in [1.54, 1.807) is 24.3 Å². The molecule has 0 aliphatic heterocycles. The first-order chi connectivity index (χ1) is 12.6. The van der Waals surface area contributed by atoms with Crippen LogP contribution in [0.3, 0.4) is 0 Å². The number of hydrogen-bond donors (Lipinski definition) is 3. The van der Waals surface area contributed by atoms with E-state index in [-0.39, 0.29) is 42.2 Å². The topological polar surface area (TPSA) is 65.5 Å². The van der Waals surface area contributed by atoms with Gasteiger partial charge < -0.3 is 16.0 Å². The molecule has 0 aromatic heterocycles. The number of nitrogens with one attached hydrogen (secondary N) is 3. The third kappa shape index (κ3) is 8.33. The van der Waals surface area contributed by atoms with Crippen molar-refractivity contribution in [1.82, 2.24) is 10.6 Å². The van der Waals surface area contributed by atoms with Gasteiger partial charge in [0.25, 0.3) is 0 Å². The van der Waals surface area contributed by atoms with Crippen molar-refractivity contribution in [3.63, 3.8) is 0 Å². The smallest absolute Gasteiger partial charge is 0.246 e. The molecular weight excluding hydrogens is 465 g/mol. The lowest BCUT2D eigenvalue weighted by molar-refractivity contribution is -0.114. The van der Waals surface area contributed by atoms with Gasteiger partial charge in [0.15, 0.2) is 5.96 Å². The minimum absolute atomic E-state index is 0. The van der Waals surface area contributed by atoms with Crippen LogP contribution in [0, 0.1) is 11.6 Å². The van der Waals surface area contributed by atoms with Gasteiger partial charge in [0, 0.05) is 18.8 Å². The number of amides is 1. The number of benzene rings is 2. The number of rotatable bonds is 7. The summed E-state index contributed by atoms with van der Waals surface area (Å²) in [6.07, 6.45) is 0.493. The molecule has 27 heavy (non-hydrogen) atoms. The fourth-order valence-electron chi connectivity index (χ4n) is 2.28. The van der Waals surface area contributed by atoms with E-state index in [9.17, 15) is 13.6 Å². The van der Waals surface area contributed by atoms with Gasteiger partial charge in [0.1, 0.15) is 18.2 Å². The summed E-state index contributed by atoms with van der Waals surface area (Å²) in [5, 5.41) is 8.65. The molecule has 0 unspecified atom stereocenters. The van der Waals surface area contributed by atoms with E-state index in [4.69, 9.17) is 0 Å². The van der Waals surface area contributed by atoms with Gasteiger partial charge >= 0.3 is 0 Å². The average Bonchev–Trinajstić information content (AvgIpc) is 2.61. The number of carbonyl (C=O) groups is 1. The molecule has 0 saturated heterocycles. The molecule has 2 rings (SSSR count). The number of anilines is 1. The highest BCUT2D eigenvalue weighted by Gasteiger charge is 2.05. The number of hydrogen-bond acceptors (Lipinski definition) is 2. The number of guanidine groups is 1. The molecular formula is C19H23F2IN4O. The van der Waals surface area contributed by atoms with Gasteiger partial charge in [-0.25, -0.2) is 13.8 Å². The molecule has 0 spiro atoms. The fourth-order valence-corrected chi connectivity index (χ4v) is 2.28. The van der Waals surface area contributed by atoms with Gasteiger partial charge in [0.2, 0.25) is 5.91 Å². The zero-order valence-corrected chi connectivity index (χ0v) is 17.3. The Morgan fingerprint density at radius 2 is 1.85 bits per heavy atom. The van der Waals surface area contributed by atoms with Crippen LogP contribution in [0.5, 0.6) is 0 Å². The summed E-state index contributed by atoms with van der Waals surface area (Å²) >= 11 is 0. The maximum absolute atomic E-state index is 13.6. The Morgan fingerprint density at radius 1 is 1.07 bits per heavy atom. The predicted octanol–water partition coefficient (Wildman–Crippen LogP) is 3.32. The molecule has 0 saturated carbocycles. The Bertz CT molecular complexity index is 771. The zero-order valence-electron chi connectivity index (χ0n) is 15.0. The number of halogens is 3. The maximum Gasteiger partial charge on any atom is 0.246 e. The van der Waals surface area contributed by atoms with Gasteiger partial charge in [-0.2, -0.15) is 0 Å². The van der Waals surface area contributed by atoms with Crippen LogP contribution in [0.1, 0.15) is 12.5 Å². The van der Waals surface area contributed by atoms with Gasteiger partial charge in [0.05, 0.1) is 0 Å². The molecule has 0 heterocycles. The van der Waals surface area contributed by atoms with Crippen molar-refractivity contribution >= 4 is 41.5 Å². The molecule has 0 aliphatic carbocycles. The van der Waals surface area contributed by atoms with E-state index in [0.717, 1.165) is 0 Å². The van der Waals surface area contributed by atoms with Crippen molar-refractivity contribution in [2.24, 2.45) is 4.99 Å². The first-order valence-electron chi connectivity index (χ1n) is 8.39. The fraction of sp³-hybridized carbons (Fsp3) is 0.263. The Hall–Kier alpha value is -2.23. The monoisotopic (exact) mass is 488 g/mol. The summed E-state index contributed by atoms with van der Waals surface area (Å²) in [5.41, 5.74) is 0.988. The van der Waals surface area contributed by atoms with Crippen molar-refractivity contribution in [1.29, 1.82) is 0 Å². The van der Waals surface area contributed by atoms with Crippen LogP contribution >= 0.6 is 24.0 Å². The highest BCUT2D eigenvalue weighted by atomic mass is 127. The molecule has 0 atom stereocenters. The third-order valence-corrected chi connectivity index (χ3v) is 3.48. The second-order valence-electron chi connectivity index (χ2n) is 5.52. The summed E-state index contributed by atoms with van der Waals surface area (Å²) in [4.78, 5) is 16.1. The zero-order chi connectivity index (χ0) is 18.8. The Kier molecular flexibility index (Phi) is 10.3. The molecule has 2 aromatic rings. The predicted molar refractivity (Wildman–Crippen MR) is 115 cm³/mol. The van der Waals surface area contributed by atoms with Gasteiger partial charge in [-0.3, -0.25) is 4.79 Å². The minimum Gasteiger partial charge on any atom is -0.357 e. The largest absolute Gasteiger partial charge is 0.357 e. The minimum atomic E-state index is -0.422. The molecule has 146 valence electrons. The lowest BCUT2D eigenvalue weighted by Crippen LogP contribution is -2.39. The first-order valence-corrected chi connectivity index (χ1v) is 8.39. The molecule has 5 nitrogen and oxygen atoms in total. The van der Waals surface area contributed by atoms with Gasteiger partial charge in [-0.05, 0) is 43.2 Å². The average molecular weight is 488 g/mol. The lowest BCUT2D eigenvalue weighted by Gasteiger charge is -2.11. The van der Waals surface area contributed by atoms with Crippen LogP contribution in [0.15, 0.2) is 53.5 Å². The standard InChI is InChI=1S/C19H22F2N4O.HI/c1-2-22-19(23-11-10-14-6-3-4-9-17(14)21)24-13-18(26)25-16-8-5-7-15(20)12-16;/h3-9,12H,2,10-11,13H2,1H3,(H,25,26)(H2,22,23,24);1H. The Morgan fingerprint density at radius 3 is 2.56 bits per heavy atom. The summed E-state index contributed by atoms with van der Waals surface area (Å²) in [6.45, 7) is 2.88. The van der Waals surface area contributed by atoms with E-state index < -0.39 is 5.82 Å². The van der Waals surface area contributed by atoms with Crippen LogP contribution in [0.25, 0.3) is 0 Å². The van der Waals surface area contributed by atoms with Crippen molar-refractivity contribution in [3.8, 4) is 0 Å². The molecule has 3 N–H and O–H groups in total. The van der Waals surface area contributed by atoms with Crippen molar-refractivity contribution in [2.45, 2.75) is 13.3 Å². The quantitative estimate of drug-likeness (QED) is 0.319. The van der Waals surface area contributed by atoms with E-state index in [1.807, 2.05) is 6.92 Å². The van der Waals surface area contributed by atoms with E-state index >= 15 is 0 Å². The van der Waals surface area contributed by atoms with E-state index in [1.165, 1.54) is 24.3 Å². The third-order valence-electron chi connectivity index (χ3n) is 3.48. The Labute approximate surface area is 174 Å². The molecule has 0 bridgehead atoms. The van der Waals surface area contributed by atoms with Crippen LogP contribution in [0.4, 0.5) is 14.5 Å². The molecule has 2 aromatic carbocycles. The number of aliphatic imine (C=N–C) groups is 1. The molecule has 0 fully saturated rings. The summed E-state index contributed by atoms with van der Waals surface area (Å²) in [6, 6.07) is 12.2. The van der Waals surface area contributed by atoms with Gasteiger partial charge in [-0.1, -0.05) is 24.3 Å². The van der Waals surface area contributed by atoms with Crippen molar-refractivity contribution in [3.05, 3.63) is 65.7 Å². The van der Waals surface area contributed by atoms with E-state index in [2.05, 4.69) is 20.9 Å². The molecule has 1 amide bonds. The lowest BCUT2D eigenvalue weighted by atomic mass is 10.1. The van der Waals surface area contributed by atoms with E-state index in [0.29, 0.717) is 36.7 Å². The summed E-state index contributed by atoms with van der Waals surface area (Å²) in [5.74, 6) is -0.569. The second kappa shape index (κ2) is 12.2. The van der Waals surface area contributed by atoms with Crippen LogP contribution in [-0.2, 0) is 11.2 Å². The molecule has 0 aliphatic rings. The van der Waals surface area contributed by atoms with Crippen molar-refractivity contribution in [2.75, 3.05) is 25.0 Å². The van der Waals surface area contributed by atoms with Crippen LogP contribution in [0.2, 0.25) is 0 Å². The number of carbonyl (C=O) groups excluding carboxylic acids is 1. The summed E-state index contributed by atoms with van der Waals surface area (Å²) < 4.78 is 26.7. The second-order valence-corrected chi connectivity index (χ2v) is 5.52. The maximum atomic E-state index is 13.6. The molecule has 8 heteroatoms. The van der Waals surface area contributed by atoms with Crippen LogP contribution in [-0.4, -0.2) is 31.5 Å². The van der Waals surface area contributed by atoms with Gasteiger partial charge in [-0.15, -0.1) is 24.0 Å². The van der Waals surface area contributed by atoms with Crippen LogP contribution < -0.4 is 16.0 Å².